The summed E-state index contributed by atoms with van der Waals surface area (Å²) in [6.45, 7) is 2.61. The summed E-state index contributed by atoms with van der Waals surface area (Å²) in [5.74, 6) is -0.288. The molecule has 0 radical (unpaired) electrons. The summed E-state index contributed by atoms with van der Waals surface area (Å²) in [6.07, 6.45) is 1.67. The lowest BCUT2D eigenvalue weighted by Gasteiger charge is -2.32. The minimum atomic E-state index is -0.495. The number of benzene rings is 2. The average molecular weight is 403 g/mol. The van der Waals surface area contributed by atoms with Gasteiger partial charge >= 0.3 is 0 Å². The van der Waals surface area contributed by atoms with E-state index in [-0.39, 0.29) is 17.6 Å². The molecule has 0 aromatic heterocycles. The Morgan fingerprint density at radius 1 is 1.21 bits per heavy atom. The predicted octanol–water partition coefficient (Wildman–Crippen LogP) is 3.68. The topological polar surface area (TPSA) is 87.5 Å². The highest BCUT2D eigenvalue weighted by Gasteiger charge is 2.23. The van der Waals surface area contributed by atoms with Gasteiger partial charge in [-0.3, -0.25) is 19.8 Å². The van der Waals surface area contributed by atoms with Gasteiger partial charge in [0.25, 0.3) is 11.6 Å². The van der Waals surface area contributed by atoms with E-state index in [1.165, 1.54) is 17.7 Å². The maximum atomic E-state index is 12.7. The number of anilines is 1. The van der Waals surface area contributed by atoms with Crippen molar-refractivity contribution in [2.24, 2.45) is 0 Å². The minimum absolute atomic E-state index is 0.0536. The molecule has 2 aromatic carbocycles. The molecular formula is C20H23ClN4O3. The molecule has 2 aromatic rings. The highest BCUT2D eigenvalue weighted by Crippen LogP contribution is 2.23. The quantitative estimate of drug-likeness (QED) is 0.568. The number of rotatable bonds is 6. The van der Waals surface area contributed by atoms with Gasteiger partial charge in [-0.25, -0.2) is 0 Å². The number of amides is 1. The molecule has 3 rings (SSSR count). The number of nitrogens with zero attached hydrogens (tertiary/aromatic N) is 2. The molecule has 1 aliphatic heterocycles. The lowest BCUT2D eigenvalue weighted by Crippen LogP contribution is -2.44. The van der Waals surface area contributed by atoms with E-state index >= 15 is 0 Å². The molecule has 0 spiro atoms. The number of nitrogens with one attached hydrogen (secondary N) is 2. The van der Waals surface area contributed by atoms with Gasteiger partial charge in [0.1, 0.15) is 0 Å². The lowest BCUT2D eigenvalue weighted by atomic mass is 10.0. The van der Waals surface area contributed by atoms with Crippen molar-refractivity contribution in [1.82, 2.24) is 10.2 Å². The Labute approximate surface area is 168 Å². The first-order valence-electron chi connectivity index (χ1n) is 9.20. The smallest absolute Gasteiger partial charge is 0.270 e. The average Bonchev–Trinajstić information content (AvgIpc) is 2.70. The minimum Gasteiger partial charge on any atom is -0.387 e. The van der Waals surface area contributed by atoms with Gasteiger partial charge < -0.3 is 10.6 Å². The Hall–Kier alpha value is -2.64. The van der Waals surface area contributed by atoms with Crippen molar-refractivity contribution in [3.8, 4) is 0 Å². The summed E-state index contributed by atoms with van der Waals surface area (Å²) in [4.78, 5) is 25.5. The largest absolute Gasteiger partial charge is 0.387 e. The van der Waals surface area contributed by atoms with Crippen molar-refractivity contribution in [3.63, 3.8) is 0 Å². The fourth-order valence-electron chi connectivity index (χ4n) is 3.40. The standard InChI is InChI=1S/C20H23ClN4O3/c1-22-19-7-6-17(25(27)28)12-18(19)20(26)23-16-8-10-24(11-9-16)13-14-2-4-15(21)5-3-14/h2-7,12,16,22H,8-11,13H2,1H3,(H,23,26). The molecule has 0 saturated carbocycles. The Morgan fingerprint density at radius 2 is 1.89 bits per heavy atom. The van der Waals surface area contributed by atoms with Crippen molar-refractivity contribution in [2.75, 3.05) is 25.5 Å². The van der Waals surface area contributed by atoms with Crippen molar-refractivity contribution in [3.05, 3.63) is 68.7 Å². The molecule has 7 nitrogen and oxygen atoms in total. The first-order valence-corrected chi connectivity index (χ1v) is 9.58. The summed E-state index contributed by atoms with van der Waals surface area (Å²) >= 11 is 5.93. The van der Waals surface area contributed by atoms with E-state index in [1.807, 2.05) is 24.3 Å². The number of carbonyl (C=O) groups excluding carboxylic acids is 1. The van der Waals surface area contributed by atoms with E-state index in [1.54, 1.807) is 13.1 Å². The van der Waals surface area contributed by atoms with Gasteiger partial charge in [0.15, 0.2) is 0 Å². The van der Waals surface area contributed by atoms with Crippen LogP contribution in [0, 0.1) is 10.1 Å². The molecule has 28 heavy (non-hydrogen) atoms. The number of nitro benzene ring substituents is 1. The number of hydrogen-bond donors (Lipinski definition) is 2. The summed E-state index contributed by atoms with van der Waals surface area (Å²) < 4.78 is 0. The molecule has 0 aliphatic carbocycles. The van der Waals surface area contributed by atoms with Gasteiger partial charge in [0.05, 0.1) is 10.5 Å². The van der Waals surface area contributed by atoms with E-state index in [0.29, 0.717) is 11.3 Å². The third-order valence-electron chi connectivity index (χ3n) is 4.97. The Balaban J connectivity index is 1.57. The van der Waals surface area contributed by atoms with E-state index in [4.69, 9.17) is 11.6 Å². The van der Waals surface area contributed by atoms with E-state index in [9.17, 15) is 14.9 Å². The molecule has 0 bridgehead atoms. The third-order valence-corrected chi connectivity index (χ3v) is 5.22. The maximum absolute atomic E-state index is 12.7. The second kappa shape index (κ2) is 9.03. The number of carbonyl (C=O) groups is 1. The first kappa shape index (κ1) is 20.1. The second-order valence-corrected chi connectivity index (χ2v) is 7.32. The predicted molar refractivity (Wildman–Crippen MR) is 110 cm³/mol. The molecule has 1 heterocycles. The van der Waals surface area contributed by atoms with Crippen LogP contribution in [0.4, 0.5) is 11.4 Å². The van der Waals surface area contributed by atoms with Crippen LogP contribution in [0.3, 0.4) is 0 Å². The van der Waals surface area contributed by atoms with Crippen molar-refractivity contribution in [1.29, 1.82) is 0 Å². The summed E-state index contributed by atoms with van der Waals surface area (Å²) in [5.41, 5.74) is 1.98. The highest BCUT2D eigenvalue weighted by atomic mass is 35.5. The highest BCUT2D eigenvalue weighted by molar-refractivity contribution is 6.30. The van der Waals surface area contributed by atoms with Crippen LogP contribution in [-0.4, -0.2) is 41.9 Å². The van der Waals surface area contributed by atoms with Crippen LogP contribution < -0.4 is 10.6 Å². The number of nitro groups is 1. The van der Waals surface area contributed by atoms with Crippen LogP contribution in [0.15, 0.2) is 42.5 Å². The number of likely N-dealkylation sites (tertiary alicyclic amines) is 1. The molecule has 1 saturated heterocycles. The zero-order chi connectivity index (χ0) is 20.1. The molecule has 2 N–H and O–H groups in total. The Kier molecular flexibility index (Phi) is 6.49. The Bertz CT molecular complexity index is 849. The molecule has 1 aliphatic rings. The zero-order valence-corrected chi connectivity index (χ0v) is 16.4. The van der Waals surface area contributed by atoms with Gasteiger partial charge in [0.2, 0.25) is 0 Å². The summed E-state index contributed by atoms with van der Waals surface area (Å²) in [7, 11) is 1.69. The normalized spacial score (nSPS) is 15.2. The zero-order valence-electron chi connectivity index (χ0n) is 15.7. The molecular weight excluding hydrogens is 380 g/mol. The molecule has 1 amide bonds. The van der Waals surface area contributed by atoms with E-state index in [2.05, 4.69) is 15.5 Å². The Morgan fingerprint density at radius 3 is 2.50 bits per heavy atom. The molecule has 0 atom stereocenters. The van der Waals surface area contributed by atoms with Crippen LogP contribution in [0.5, 0.6) is 0 Å². The number of hydrogen-bond acceptors (Lipinski definition) is 5. The summed E-state index contributed by atoms with van der Waals surface area (Å²) in [5, 5.41) is 17.7. The molecule has 8 heteroatoms. The fraction of sp³-hybridized carbons (Fsp3) is 0.350. The van der Waals surface area contributed by atoms with Crippen LogP contribution in [0.25, 0.3) is 0 Å². The van der Waals surface area contributed by atoms with Crippen LogP contribution in [0.1, 0.15) is 28.8 Å². The molecule has 148 valence electrons. The van der Waals surface area contributed by atoms with Crippen LogP contribution >= 0.6 is 11.6 Å². The van der Waals surface area contributed by atoms with E-state index < -0.39 is 4.92 Å². The van der Waals surface area contributed by atoms with Gasteiger partial charge in [-0.05, 0) is 36.6 Å². The second-order valence-electron chi connectivity index (χ2n) is 6.89. The van der Waals surface area contributed by atoms with Crippen molar-refractivity contribution >= 4 is 28.9 Å². The lowest BCUT2D eigenvalue weighted by molar-refractivity contribution is -0.384. The van der Waals surface area contributed by atoms with Gasteiger partial charge in [0, 0.05) is 55.6 Å². The van der Waals surface area contributed by atoms with Gasteiger partial charge in [-0.2, -0.15) is 0 Å². The number of halogens is 1. The summed E-state index contributed by atoms with van der Waals surface area (Å²) in [6, 6.07) is 12.1. The number of piperidine rings is 1. The third kappa shape index (κ3) is 4.99. The molecule has 1 fully saturated rings. The SMILES string of the molecule is CNc1ccc([N+](=O)[O-])cc1C(=O)NC1CCN(Cc2ccc(Cl)cc2)CC1. The van der Waals surface area contributed by atoms with Crippen molar-refractivity contribution in [2.45, 2.75) is 25.4 Å². The van der Waals surface area contributed by atoms with Crippen LogP contribution in [-0.2, 0) is 6.54 Å². The monoisotopic (exact) mass is 402 g/mol. The first-order chi connectivity index (χ1) is 13.5. The van der Waals surface area contributed by atoms with Gasteiger partial charge in [-0.1, -0.05) is 23.7 Å². The fourth-order valence-corrected chi connectivity index (χ4v) is 3.52. The van der Waals surface area contributed by atoms with Crippen molar-refractivity contribution < 1.29 is 9.72 Å². The molecule has 0 unspecified atom stereocenters. The number of non-ortho nitro benzene ring substituents is 1. The van der Waals surface area contributed by atoms with Crippen LogP contribution in [0.2, 0.25) is 5.02 Å². The van der Waals surface area contributed by atoms with Gasteiger partial charge in [-0.15, -0.1) is 0 Å². The van der Waals surface area contributed by atoms with E-state index in [0.717, 1.165) is 37.5 Å². The maximum Gasteiger partial charge on any atom is 0.270 e.